The second kappa shape index (κ2) is 56.3. The number of allylic oxidation sites excluding steroid dienone is 4. The van der Waals surface area contributed by atoms with Crippen LogP contribution in [0.25, 0.3) is 0 Å². The number of unbranched alkanes of at least 4 members (excludes halogenated alkanes) is 40. The van der Waals surface area contributed by atoms with Crippen LogP contribution in [0.4, 0.5) is 0 Å². The molecule has 6 nitrogen and oxygen atoms in total. The van der Waals surface area contributed by atoms with Gasteiger partial charge in [0.1, 0.15) is 6.10 Å². The van der Waals surface area contributed by atoms with Gasteiger partial charge in [-0.05, 0) is 57.8 Å². The smallest absolute Gasteiger partial charge is 0.306 e. The molecule has 3 unspecified atom stereocenters. The van der Waals surface area contributed by atoms with E-state index in [0.29, 0.717) is 19.3 Å². The Kier molecular flexibility index (Phi) is 54.9. The topological polar surface area (TPSA) is 95.9 Å². The Balaban J connectivity index is 4.51. The van der Waals surface area contributed by atoms with Crippen LogP contribution in [0, 0.1) is 0 Å². The Hall–Kier alpha value is -1.66. The minimum atomic E-state index is -0.785. The first-order valence-electron chi connectivity index (χ1n) is 30.6. The van der Waals surface area contributed by atoms with Crippen molar-refractivity contribution in [2.24, 2.45) is 0 Å². The van der Waals surface area contributed by atoms with Gasteiger partial charge >= 0.3 is 5.97 Å². The van der Waals surface area contributed by atoms with Gasteiger partial charge in [-0.25, -0.2) is 0 Å². The second-order valence-electron chi connectivity index (χ2n) is 21.1. The molecule has 0 saturated heterocycles. The lowest BCUT2D eigenvalue weighted by atomic mass is 10.0. The summed E-state index contributed by atoms with van der Waals surface area (Å²) >= 11 is 0. The number of aliphatic hydroxyl groups excluding tert-OH is 2. The first-order chi connectivity index (χ1) is 33.5. The van der Waals surface area contributed by atoms with Crippen molar-refractivity contribution in [1.82, 2.24) is 5.32 Å². The summed E-state index contributed by atoms with van der Waals surface area (Å²) in [6.07, 6.45) is 66.7. The maximum atomic E-state index is 13.3. The third-order valence-electron chi connectivity index (χ3n) is 14.3. The molecule has 0 spiro atoms. The highest BCUT2D eigenvalue weighted by molar-refractivity contribution is 5.77. The van der Waals surface area contributed by atoms with Gasteiger partial charge in [0.05, 0.1) is 25.2 Å². The van der Waals surface area contributed by atoms with E-state index in [4.69, 9.17) is 4.74 Å². The highest BCUT2D eigenvalue weighted by Crippen LogP contribution is 2.19. The lowest BCUT2D eigenvalue weighted by Crippen LogP contribution is -2.46. The highest BCUT2D eigenvalue weighted by Gasteiger charge is 2.24. The average molecular weight is 959 g/mol. The first kappa shape index (κ1) is 66.3. The van der Waals surface area contributed by atoms with Crippen LogP contribution < -0.4 is 5.32 Å². The number of rotatable bonds is 56. The van der Waals surface area contributed by atoms with Crippen molar-refractivity contribution >= 4 is 11.9 Å². The summed E-state index contributed by atoms with van der Waals surface area (Å²) in [5, 5.41) is 23.9. The molecule has 0 fully saturated rings. The molecule has 0 aliphatic rings. The molecule has 0 aromatic heterocycles. The van der Waals surface area contributed by atoms with E-state index in [-0.39, 0.29) is 24.9 Å². The number of ether oxygens (including phenoxy) is 1. The lowest BCUT2D eigenvalue weighted by Gasteiger charge is -2.24. The standard InChI is InChI=1S/C62H119NO5/c1-4-7-10-13-16-19-22-25-27-29-30-32-34-37-40-43-46-49-52-55-62(67)68-58(53-50-47-44-41-38-36-33-31-28-26-23-20-17-14-11-8-5-2)56-61(66)63-59(57-64)60(65)54-51-48-45-42-39-35-24-21-18-15-12-9-6-3/h16,19,25,27,58-60,64-65H,4-15,17-18,20-24,26,28-57H2,1-3H3,(H,63,66)/b19-16-,27-25-. The monoisotopic (exact) mass is 958 g/mol. The molecule has 0 bridgehead atoms. The Morgan fingerprint density at radius 1 is 0.426 bits per heavy atom. The van der Waals surface area contributed by atoms with Crippen molar-refractivity contribution in [2.45, 2.75) is 354 Å². The molecule has 0 radical (unpaired) electrons. The van der Waals surface area contributed by atoms with Gasteiger partial charge in [-0.3, -0.25) is 9.59 Å². The van der Waals surface area contributed by atoms with Crippen LogP contribution >= 0.6 is 0 Å². The Morgan fingerprint density at radius 2 is 0.750 bits per heavy atom. The minimum absolute atomic E-state index is 0.0827. The maximum absolute atomic E-state index is 13.3. The van der Waals surface area contributed by atoms with Crippen LogP contribution in [-0.2, 0) is 14.3 Å². The predicted molar refractivity (Wildman–Crippen MR) is 296 cm³/mol. The fourth-order valence-corrected chi connectivity index (χ4v) is 9.64. The summed E-state index contributed by atoms with van der Waals surface area (Å²) in [4.78, 5) is 26.3. The summed E-state index contributed by atoms with van der Waals surface area (Å²) in [6, 6.07) is -0.698. The minimum Gasteiger partial charge on any atom is -0.462 e. The fourth-order valence-electron chi connectivity index (χ4n) is 9.64. The summed E-state index contributed by atoms with van der Waals surface area (Å²) in [6.45, 7) is 6.51. The van der Waals surface area contributed by atoms with Crippen molar-refractivity contribution in [1.29, 1.82) is 0 Å². The number of carbonyl (C=O) groups is 2. The van der Waals surface area contributed by atoms with Crippen LogP contribution in [-0.4, -0.2) is 46.9 Å². The predicted octanol–water partition coefficient (Wildman–Crippen LogP) is 19.0. The van der Waals surface area contributed by atoms with Crippen LogP contribution in [0.2, 0.25) is 0 Å². The van der Waals surface area contributed by atoms with Crippen LogP contribution in [0.15, 0.2) is 24.3 Å². The zero-order valence-electron chi connectivity index (χ0n) is 46.0. The lowest BCUT2D eigenvalue weighted by molar-refractivity contribution is -0.151. The quantitative estimate of drug-likeness (QED) is 0.0321. The van der Waals surface area contributed by atoms with Gasteiger partial charge in [-0.15, -0.1) is 0 Å². The molecular formula is C62H119NO5. The van der Waals surface area contributed by atoms with E-state index in [1.165, 1.54) is 238 Å². The molecule has 1 amide bonds. The van der Waals surface area contributed by atoms with E-state index < -0.39 is 18.2 Å². The van der Waals surface area contributed by atoms with Gasteiger partial charge in [0.25, 0.3) is 0 Å². The summed E-state index contributed by atoms with van der Waals surface area (Å²) in [5.74, 6) is -0.455. The van der Waals surface area contributed by atoms with E-state index in [1.54, 1.807) is 0 Å². The van der Waals surface area contributed by atoms with E-state index in [0.717, 1.165) is 51.4 Å². The molecule has 0 aromatic carbocycles. The molecular weight excluding hydrogens is 839 g/mol. The Labute approximate surface area is 424 Å². The summed E-state index contributed by atoms with van der Waals surface area (Å²) in [5.41, 5.74) is 0. The van der Waals surface area contributed by atoms with Crippen molar-refractivity contribution in [3.8, 4) is 0 Å². The van der Waals surface area contributed by atoms with Gasteiger partial charge in [-0.1, -0.05) is 289 Å². The number of carbonyl (C=O) groups excluding carboxylic acids is 2. The number of aliphatic hydroxyl groups is 2. The molecule has 0 rings (SSSR count). The number of esters is 1. The third-order valence-corrected chi connectivity index (χ3v) is 14.3. The molecule has 6 heteroatoms. The molecule has 402 valence electrons. The normalized spacial score (nSPS) is 13.2. The van der Waals surface area contributed by atoms with Crippen molar-refractivity contribution in [2.75, 3.05) is 6.61 Å². The molecule has 0 aromatic rings. The van der Waals surface area contributed by atoms with Crippen LogP contribution in [0.3, 0.4) is 0 Å². The van der Waals surface area contributed by atoms with Gasteiger partial charge in [0, 0.05) is 6.42 Å². The first-order valence-corrected chi connectivity index (χ1v) is 30.6. The molecule has 0 heterocycles. The van der Waals surface area contributed by atoms with Crippen LogP contribution in [0.5, 0.6) is 0 Å². The summed E-state index contributed by atoms with van der Waals surface area (Å²) < 4.78 is 5.98. The number of nitrogens with one attached hydrogen (secondary N) is 1. The molecule has 0 aliphatic heterocycles. The second-order valence-corrected chi connectivity index (χ2v) is 21.1. The SMILES string of the molecule is CCCCC/C=C\C/C=C\CCCCCCCCCCCC(=O)OC(CCCCCCCCCCCCCCCCCCC)CC(=O)NC(CO)C(O)CCCCCCCCCCCCCCC. The van der Waals surface area contributed by atoms with E-state index in [9.17, 15) is 19.8 Å². The number of hydrogen-bond donors (Lipinski definition) is 3. The number of hydrogen-bond acceptors (Lipinski definition) is 5. The zero-order chi connectivity index (χ0) is 49.5. The van der Waals surface area contributed by atoms with E-state index >= 15 is 0 Å². The third kappa shape index (κ3) is 50.7. The van der Waals surface area contributed by atoms with Gasteiger partial charge in [0.15, 0.2) is 0 Å². The average Bonchev–Trinajstić information content (AvgIpc) is 3.33. The molecule has 3 atom stereocenters. The Morgan fingerprint density at radius 3 is 1.15 bits per heavy atom. The molecule has 0 saturated carbocycles. The number of amides is 1. The van der Waals surface area contributed by atoms with Crippen molar-refractivity contribution < 1.29 is 24.5 Å². The van der Waals surface area contributed by atoms with Crippen LogP contribution in [0.1, 0.15) is 335 Å². The van der Waals surface area contributed by atoms with Gasteiger partial charge in [-0.2, -0.15) is 0 Å². The van der Waals surface area contributed by atoms with E-state index in [1.807, 2.05) is 0 Å². The maximum Gasteiger partial charge on any atom is 0.306 e. The Bertz CT molecular complexity index is 1080. The molecule has 3 N–H and O–H groups in total. The van der Waals surface area contributed by atoms with Gasteiger partial charge in [0.2, 0.25) is 5.91 Å². The van der Waals surface area contributed by atoms with E-state index in [2.05, 4.69) is 50.4 Å². The fraction of sp³-hybridized carbons (Fsp3) is 0.903. The largest absolute Gasteiger partial charge is 0.462 e. The zero-order valence-corrected chi connectivity index (χ0v) is 46.0. The van der Waals surface area contributed by atoms with Crippen molar-refractivity contribution in [3.05, 3.63) is 24.3 Å². The highest BCUT2D eigenvalue weighted by atomic mass is 16.5. The molecule has 68 heavy (non-hydrogen) atoms. The van der Waals surface area contributed by atoms with Gasteiger partial charge < -0.3 is 20.3 Å². The van der Waals surface area contributed by atoms with Crippen molar-refractivity contribution in [3.63, 3.8) is 0 Å². The molecule has 0 aliphatic carbocycles. The summed E-state index contributed by atoms with van der Waals surface area (Å²) in [7, 11) is 0.